The van der Waals surface area contributed by atoms with E-state index in [1.54, 1.807) is 0 Å². The lowest BCUT2D eigenvalue weighted by molar-refractivity contribution is -0.138. The highest BCUT2D eigenvalue weighted by atomic mass is 32.2. The number of thioether (sulfide) groups is 1. The Labute approximate surface area is 116 Å². The Hall–Kier alpha value is -0.730. The van der Waals surface area contributed by atoms with Crippen LogP contribution in [0.2, 0.25) is 0 Å². The first-order valence-corrected chi connectivity index (χ1v) is 7.15. The van der Waals surface area contributed by atoms with Gasteiger partial charge in [0.1, 0.15) is 6.04 Å². The molecule has 1 fully saturated rings. The van der Waals surface area contributed by atoms with E-state index in [1.165, 1.54) is 16.7 Å². The maximum atomic E-state index is 11.9. The SMILES string of the molecule is CCCN1C(=O)CC(SC[C@H](NS)C(N)=O)C1=O. The van der Waals surface area contributed by atoms with E-state index in [4.69, 9.17) is 5.73 Å². The van der Waals surface area contributed by atoms with Gasteiger partial charge >= 0.3 is 0 Å². The van der Waals surface area contributed by atoms with E-state index < -0.39 is 17.2 Å². The summed E-state index contributed by atoms with van der Waals surface area (Å²) in [5, 5.41) is -0.410. The number of carbonyl (C=O) groups excluding carboxylic acids is 3. The first-order valence-electron chi connectivity index (χ1n) is 5.66. The molecule has 1 saturated heterocycles. The standard InChI is InChI=1S/C10H17N3O3S2/c1-2-3-13-8(14)4-7(10(13)16)18-5-6(12-17)9(11)15/h6-7,12,17H,2-5H2,1H3,(H2,11,15)/t6-,7?/m0/s1. The van der Waals surface area contributed by atoms with E-state index in [0.717, 1.165) is 6.42 Å². The molecular weight excluding hydrogens is 274 g/mol. The second-order valence-corrected chi connectivity index (χ2v) is 5.49. The zero-order valence-electron chi connectivity index (χ0n) is 10.1. The summed E-state index contributed by atoms with van der Waals surface area (Å²) in [6.45, 7) is 2.37. The number of nitrogens with one attached hydrogen (secondary N) is 1. The minimum Gasteiger partial charge on any atom is -0.368 e. The summed E-state index contributed by atoms with van der Waals surface area (Å²) >= 11 is 5.06. The fourth-order valence-corrected chi connectivity index (χ4v) is 3.18. The molecule has 2 atom stereocenters. The van der Waals surface area contributed by atoms with Crippen molar-refractivity contribution in [3.8, 4) is 0 Å². The van der Waals surface area contributed by atoms with Gasteiger partial charge in [-0.05, 0) is 6.42 Å². The molecule has 0 spiro atoms. The van der Waals surface area contributed by atoms with Gasteiger partial charge in [-0.2, -0.15) is 0 Å². The van der Waals surface area contributed by atoms with Crippen molar-refractivity contribution in [3.63, 3.8) is 0 Å². The number of nitrogens with zero attached hydrogens (tertiary/aromatic N) is 1. The lowest BCUT2D eigenvalue weighted by Crippen LogP contribution is -2.39. The van der Waals surface area contributed by atoms with Crippen LogP contribution in [-0.2, 0) is 14.4 Å². The first kappa shape index (κ1) is 15.3. The van der Waals surface area contributed by atoms with Crippen molar-refractivity contribution in [2.75, 3.05) is 12.3 Å². The molecule has 18 heavy (non-hydrogen) atoms. The van der Waals surface area contributed by atoms with E-state index in [1.807, 2.05) is 6.92 Å². The van der Waals surface area contributed by atoms with Gasteiger partial charge in [-0.3, -0.25) is 24.0 Å². The van der Waals surface area contributed by atoms with Gasteiger partial charge in [-0.1, -0.05) is 19.7 Å². The molecule has 0 aromatic heterocycles. The summed E-state index contributed by atoms with van der Waals surface area (Å²) in [6, 6.07) is -0.610. The Bertz CT molecular complexity index is 351. The maximum Gasteiger partial charge on any atom is 0.242 e. The topological polar surface area (TPSA) is 92.5 Å². The predicted molar refractivity (Wildman–Crippen MR) is 73.0 cm³/mol. The molecular formula is C10H17N3O3S2. The molecule has 0 saturated carbocycles. The Kier molecular flexibility index (Phi) is 5.97. The quantitative estimate of drug-likeness (QED) is 0.436. The second-order valence-electron chi connectivity index (χ2n) is 3.99. The molecule has 1 heterocycles. The number of amides is 3. The van der Waals surface area contributed by atoms with Gasteiger partial charge in [0.2, 0.25) is 17.7 Å². The molecule has 6 nitrogen and oxygen atoms in total. The van der Waals surface area contributed by atoms with Crippen molar-refractivity contribution in [3.05, 3.63) is 0 Å². The zero-order chi connectivity index (χ0) is 13.7. The van der Waals surface area contributed by atoms with Crippen LogP contribution in [0.5, 0.6) is 0 Å². The molecule has 0 aromatic rings. The highest BCUT2D eigenvalue weighted by molar-refractivity contribution is 8.00. The van der Waals surface area contributed by atoms with Gasteiger partial charge < -0.3 is 5.73 Å². The van der Waals surface area contributed by atoms with E-state index in [-0.39, 0.29) is 18.2 Å². The summed E-state index contributed by atoms with van der Waals surface area (Å²) < 4.78 is 2.48. The third kappa shape index (κ3) is 3.63. The number of likely N-dealkylation sites (tertiary alicyclic amines) is 1. The minimum absolute atomic E-state index is 0.145. The number of thiol groups is 1. The van der Waals surface area contributed by atoms with E-state index in [0.29, 0.717) is 12.3 Å². The Morgan fingerprint density at radius 1 is 1.67 bits per heavy atom. The van der Waals surface area contributed by atoms with Crippen molar-refractivity contribution >= 4 is 42.3 Å². The predicted octanol–water partition coefficient (Wildman–Crippen LogP) is -0.455. The third-order valence-corrected chi connectivity index (χ3v) is 4.22. The number of primary amides is 1. The van der Waals surface area contributed by atoms with Crippen LogP contribution in [0.25, 0.3) is 0 Å². The van der Waals surface area contributed by atoms with Crippen molar-refractivity contribution in [1.82, 2.24) is 9.62 Å². The number of imide groups is 1. The molecule has 8 heteroatoms. The number of hydrogen-bond acceptors (Lipinski definition) is 6. The number of hydrogen-bond donors (Lipinski definition) is 3. The molecule has 1 aliphatic rings. The summed E-state index contributed by atoms with van der Waals surface area (Å²) in [5.41, 5.74) is 5.14. The highest BCUT2D eigenvalue weighted by Gasteiger charge is 2.38. The molecule has 1 aliphatic heterocycles. The normalized spacial score (nSPS) is 21.4. The summed E-state index contributed by atoms with van der Waals surface area (Å²) in [7, 11) is 0. The first-order chi connectivity index (χ1) is 8.51. The smallest absolute Gasteiger partial charge is 0.242 e. The zero-order valence-corrected chi connectivity index (χ0v) is 11.8. The average molecular weight is 291 g/mol. The molecule has 1 rings (SSSR count). The molecule has 1 unspecified atom stereocenters. The summed E-state index contributed by atoms with van der Waals surface area (Å²) in [4.78, 5) is 35.8. The van der Waals surface area contributed by atoms with Gasteiger partial charge in [-0.15, -0.1) is 11.8 Å². The maximum absolute atomic E-state index is 11.9. The van der Waals surface area contributed by atoms with Crippen molar-refractivity contribution in [2.45, 2.75) is 31.1 Å². The fourth-order valence-electron chi connectivity index (χ4n) is 1.64. The number of rotatable bonds is 7. The largest absolute Gasteiger partial charge is 0.368 e. The van der Waals surface area contributed by atoms with E-state index in [2.05, 4.69) is 17.5 Å². The highest BCUT2D eigenvalue weighted by Crippen LogP contribution is 2.25. The van der Waals surface area contributed by atoms with Crippen LogP contribution in [0.3, 0.4) is 0 Å². The Morgan fingerprint density at radius 3 is 2.83 bits per heavy atom. The number of carbonyl (C=O) groups is 3. The molecule has 0 bridgehead atoms. The van der Waals surface area contributed by atoms with Crippen molar-refractivity contribution in [2.24, 2.45) is 5.73 Å². The van der Waals surface area contributed by atoms with Gasteiger partial charge in [0.05, 0.1) is 5.25 Å². The van der Waals surface area contributed by atoms with Crippen molar-refractivity contribution in [1.29, 1.82) is 0 Å². The lowest BCUT2D eigenvalue weighted by Gasteiger charge is -2.15. The van der Waals surface area contributed by atoms with E-state index in [9.17, 15) is 14.4 Å². The van der Waals surface area contributed by atoms with Gasteiger partial charge in [0, 0.05) is 18.7 Å². The third-order valence-electron chi connectivity index (χ3n) is 2.61. The van der Waals surface area contributed by atoms with Crippen LogP contribution in [0, 0.1) is 0 Å². The average Bonchev–Trinajstić information content (AvgIpc) is 2.58. The van der Waals surface area contributed by atoms with Crippen molar-refractivity contribution < 1.29 is 14.4 Å². The van der Waals surface area contributed by atoms with Gasteiger partial charge in [-0.25, -0.2) is 0 Å². The molecule has 3 N–H and O–H groups in total. The molecule has 0 aromatic carbocycles. The van der Waals surface area contributed by atoms with Crippen LogP contribution in [0.4, 0.5) is 0 Å². The van der Waals surface area contributed by atoms with Gasteiger partial charge in [0.15, 0.2) is 0 Å². The molecule has 102 valence electrons. The number of nitrogens with two attached hydrogens (primary N) is 1. The molecule has 3 amide bonds. The van der Waals surface area contributed by atoms with E-state index >= 15 is 0 Å². The Morgan fingerprint density at radius 2 is 2.33 bits per heavy atom. The van der Waals surface area contributed by atoms with Crippen LogP contribution < -0.4 is 10.5 Å². The molecule has 0 radical (unpaired) electrons. The second kappa shape index (κ2) is 7.01. The van der Waals surface area contributed by atoms with Gasteiger partial charge in [0.25, 0.3) is 0 Å². The fraction of sp³-hybridized carbons (Fsp3) is 0.700. The van der Waals surface area contributed by atoms with Crippen LogP contribution in [-0.4, -0.2) is 46.2 Å². The minimum atomic E-state index is -0.610. The van der Waals surface area contributed by atoms with Crippen LogP contribution in [0.15, 0.2) is 0 Å². The molecule has 0 aliphatic carbocycles. The lowest BCUT2D eigenvalue weighted by atomic mass is 10.3. The van der Waals surface area contributed by atoms with Crippen LogP contribution in [0.1, 0.15) is 19.8 Å². The Balaban J connectivity index is 2.52. The van der Waals surface area contributed by atoms with Crippen LogP contribution >= 0.6 is 24.6 Å². The summed E-state index contributed by atoms with van der Waals surface area (Å²) in [6.07, 6.45) is 0.943. The monoisotopic (exact) mass is 291 g/mol. The summed E-state index contributed by atoms with van der Waals surface area (Å²) in [5.74, 6) is -0.523.